The summed E-state index contributed by atoms with van der Waals surface area (Å²) in [6.45, 7) is 7.36. The normalized spacial score (nSPS) is 20.6. The van der Waals surface area contributed by atoms with Gasteiger partial charge in [-0.3, -0.25) is 0 Å². The molecular formula is C13H21N3O. The summed E-state index contributed by atoms with van der Waals surface area (Å²) in [5, 5.41) is 0. The Morgan fingerprint density at radius 2 is 2.35 bits per heavy atom. The quantitative estimate of drug-likeness (QED) is 0.862. The number of aromatic nitrogens is 1. The minimum Gasteiger partial charge on any atom is -0.375 e. The molecule has 0 bridgehead atoms. The van der Waals surface area contributed by atoms with E-state index in [2.05, 4.69) is 22.9 Å². The molecule has 2 heterocycles. The van der Waals surface area contributed by atoms with E-state index in [1.807, 2.05) is 13.0 Å². The summed E-state index contributed by atoms with van der Waals surface area (Å²) in [4.78, 5) is 6.88. The van der Waals surface area contributed by atoms with Crippen LogP contribution in [0.1, 0.15) is 24.6 Å². The molecule has 0 aromatic carbocycles. The first-order chi connectivity index (χ1) is 8.22. The lowest BCUT2D eigenvalue weighted by Crippen LogP contribution is -2.42. The molecule has 0 amide bonds. The maximum absolute atomic E-state index is 5.70. The van der Waals surface area contributed by atoms with Gasteiger partial charge in [0.1, 0.15) is 5.82 Å². The highest BCUT2D eigenvalue weighted by molar-refractivity contribution is 5.43. The van der Waals surface area contributed by atoms with Crippen molar-refractivity contribution in [2.45, 2.75) is 32.9 Å². The van der Waals surface area contributed by atoms with E-state index in [1.165, 1.54) is 0 Å². The fraction of sp³-hybridized carbons (Fsp3) is 0.615. The average Bonchev–Trinajstić information content (AvgIpc) is 2.38. The molecule has 0 radical (unpaired) electrons. The predicted molar refractivity (Wildman–Crippen MR) is 69.1 cm³/mol. The second kappa shape index (κ2) is 5.47. The summed E-state index contributed by atoms with van der Waals surface area (Å²) in [5.41, 5.74) is 7.88. The van der Waals surface area contributed by atoms with Crippen molar-refractivity contribution in [2.75, 3.05) is 24.6 Å². The molecule has 1 fully saturated rings. The summed E-state index contributed by atoms with van der Waals surface area (Å²) >= 11 is 0. The van der Waals surface area contributed by atoms with Crippen LogP contribution in [0.25, 0.3) is 0 Å². The monoisotopic (exact) mass is 235 g/mol. The summed E-state index contributed by atoms with van der Waals surface area (Å²) in [7, 11) is 0. The highest BCUT2D eigenvalue weighted by Gasteiger charge is 2.20. The molecular weight excluding hydrogens is 214 g/mol. The van der Waals surface area contributed by atoms with E-state index in [9.17, 15) is 0 Å². The number of aryl methyl sites for hydroxylation is 1. The Bertz CT molecular complexity index is 381. The number of morpholine rings is 1. The first-order valence-electron chi connectivity index (χ1n) is 6.27. The highest BCUT2D eigenvalue weighted by Crippen LogP contribution is 2.18. The summed E-state index contributed by atoms with van der Waals surface area (Å²) in [5.74, 6) is 1.03. The zero-order valence-corrected chi connectivity index (χ0v) is 10.6. The molecule has 1 unspecified atom stereocenters. The van der Waals surface area contributed by atoms with Gasteiger partial charge in [-0.25, -0.2) is 4.98 Å². The molecule has 0 saturated carbocycles. The minimum atomic E-state index is 0.326. The Hall–Kier alpha value is -1.13. The third-order valence-corrected chi connectivity index (χ3v) is 3.15. The largest absolute Gasteiger partial charge is 0.375 e. The fourth-order valence-electron chi connectivity index (χ4n) is 2.18. The van der Waals surface area contributed by atoms with E-state index in [4.69, 9.17) is 10.5 Å². The molecule has 1 aromatic rings. The van der Waals surface area contributed by atoms with Crippen molar-refractivity contribution in [3.63, 3.8) is 0 Å². The number of nitrogens with two attached hydrogens (primary N) is 1. The molecule has 1 aliphatic rings. The summed E-state index contributed by atoms with van der Waals surface area (Å²) < 4.78 is 5.67. The number of nitrogens with zero attached hydrogens (tertiary/aromatic N) is 2. The number of hydrogen-bond donors (Lipinski definition) is 1. The standard InChI is InChI=1S/C13H21N3O/c1-3-12-9-16(4-5-17-12)13-7-11(8-14)6-10(2)15-13/h6-7,12H,3-5,8-9,14H2,1-2H3. The topological polar surface area (TPSA) is 51.4 Å². The molecule has 4 heteroatoms. The number of pyridine rings is 1. The van der Waals surface area contributed by atoms with Crippen molar-refractivity contribution < 1.29 is 4.74 Å². The Morgan fingerprint density at radius 1 is 1.53 bits per heavy atom. The van der Waals surface area contributed by atoms with Crippen LogP contribution >= 0.6 is 0 Å². The van der Waals surface area contributed by atoms with Crippen molar-refractivity contribution in [3.8, 4) is 0 Å². The van der Waals surface area contributed by atoms with Crippen LogP contribution in [0.4, 0.5) is 5.82 Å². The van der Waals surface area contributed by atoms with E-state index < -0.39 is 0 Å². The first-order valence-corrected chi connectivity index (χ1v) is 6.27. The SMILES string of the molecule is CCC1CN(c2cc(CN)cc(C)n2)CCO1. The van der Waals surface area contributed by atoms with Gasteiger partial charge in [-0.2, -0.15) is 0 Å². The van der Waals surface area contributed by atoms with Gasteiger partial charge in [0.2, 0.25) is 0 Å². The molecule has 1 saturated heterocycles. The Morgan fingerprint density at radius 3 is 3.06 bits per heavy atom. The fourth-order valence-corrected chi connectivity index (χ4v) is 2.18. The van der Waals surface area contributed by atoms with Gasteiger partial charge in [-0.15, -0.1) is 0 Å². The summed E-state index contributed by atoms with van der Waals surface area (Å²) in [6, 6.07) is 4.13. The van der Waals surface area contributed by atoms with Gasteiger partial charge in [0, 0.05) is 25.3 Å². The van der Waals surface area contributed by atoms with Gasteiger partial charge in [0.25, 0.3) is 0 Å². The number of rotatable bonds is 3. The second-order valence-corrected chi connectivity index (χ2v) is 4.53. The van der Waals surface area contributed by atoms with E-state index in [0.29, 0.717) is 12.6 Å². The predicted octanol–water partition coefficient (Wildman–Crippen LogP) is 1.46. The van der Waals surface area contributed by atoms with Crippen molar-refractivity contribution in [3.05, 3.63) is 23.4 Å². The third kappa shape index (κ3) is 2.96. The molecule has 4 nitrogen and oxygen atoms in total. The molecule has 1 atom stereocenters. The van der Waals surface area contributed by atoms with Gasteiger partial charge in [-0.05, 0) is 31.0 Å². The van der Waals surface area contributed by atoms with Gasteiger partial charge in [0.15, 0.2) is 0 Å². The van der Waals surface area contributed by atoms with Gasteiger partial charge in [-0.1, -0.05) is 6.92 Å². The van der Waals surface area contributed by atoms with Crippen LogP contribution in [0.2, 0.25) is 0 Å². The number of hydrogen-bond acceptors (Lipinski definition) is 4. The Balaban J connectivity index is 2.18. The van der Waals surface area contributed by atoms with Gasteiger partial charge < -0.3 is 15.4 Å². The molecule has 17 heavy (non-hydrogen) atoms. The van der Waals surface area contributed by atoms with Crippen molar-refractivity contribution in [2.24, 2.45) is 5.73 Å². The zero-order chi connectivity index (χ0) is 12.3. The summed E-state index contributed by atoms with van der Waals surface area (Å²) in [6.07, 6.45) is 1.37. The molecule has 1 aliphatic heterocycles. The Labute approximate surface area is 103 Å². The third-order valence-electron chi connectivity index (χ3n) is 3.15. The van der Waals surface area contributed by atoms with Crippen LogP contribution < -0.4 is 10.6 Å². The van der Waals surface area contributed by atoms with Crippen LogP contribution in [0, 0.1) is 6.92 Å². The van der Waals surface area contributed by atoms with E-state index >= 15 is 0 Å². The molecule has 1 aromatic heterocycles. The van der Waals surface area contributed by atoms with Crippen LogP contribution in [-0.4, -0.2) is 30.8 Å². The minimum absolute atomic E-state index is 0.326. The van der Waals surface area contributed by atoms with Crippen molar-refractivity contribution in [1.82, 2.24) is 4.98 Å². The lowest BCUT2D eigenvalue weighted by atomic mass is 10.2. The van der Waals surface area contributed by atoms with E-state index in [1.54, 1.807) is 0 Å². The van der Waals surface area contributed by atoms with E-state index in [-0.39, 0.29) is 0 Å². The molecule has 0 aliphatic carbocycles. The maximum Gasteiger partial charge on any atom is 0.129 e. The molecule has 2 rings (SSSR count). The van der Waals surface area contributed by atoms with Crippen LogP contribution in [0.15, 0.2) is 12.1 Å². The first kappa shape index (κ1) is 12.3. The second-order valence-electron chi connectivity index (χ2n) is 4.53. The lowest BCUT2D eigenvalue weighted by Gasteiger charge is -2.33. The van der Waals surface area contributed by atoms with E-state index in [0.717, 1.165) is 43.2 Å². The molecule has 94 valence electrons. The average molecular weight is 235 g/mol. The van der Waals surface area contributed by atoms with Crippen LogP contribution in [0.3, 0.4) is 0 Å². The number of anilines is 1. The smallest absolute Gasteiger partial charge is 0.129 e. The van der Waals surface area contributed by atoms with Crippen molar-refractivity contribution in [1.29, 1.82) is 0 Å². The van der Waals surface area contributed by atoms with Crippen LogP contribution in [0.5, 0.6) is 0 Å². The Kier molecular flexibility index (Phi) is 3.97. The maximum atomic E-state index is 5.70. The highest BCUT2D eigenvalue weighted by atomic mass is 16.5. The zero-order valence-electron chi connectivity index (χ0n) is 10.6. The number of ether oxygens (including phenoxy) is 1. The lowest BCUT2D eigenvalue weighted by molar-refractivity contribution is 0.0381. The van der Waals surface area contributed by atoms with Crippen LogP contribution in [-0.2, 0) is 11.3 Å². The molecule has 2 N–H and O–H groups in total. The van der Waals surface area contributed by atoms with Gasteiger partial charge >= 0.3 is 0 Å². The van der Waals surface area contributed by atoms with Gasteiger partial charge in [0.05, 0.1) is 12.7 Å². The molecule has 0 spiro atoms. The van der Waals surface area contributed by atoms with Crippen molar-refractivity contribution >= 4 is 5.82 Å².